The minimum Gasteiger partial charge on any atom is -0.507 e. The van der Waals surface area contributed by atoms with Crippen LogP contribution in [0.3, 0.4) is 0 Å². The van der Waals surface area contributed by atoms with E-state index in [0.29, 0.717) is 30.8 Å². The Bertz CT molecular complexity index is 971. The molecule has 3 N–H and O–H groups in total. The number of carbonyl (C=O) groups is 2. The van der Waals surface area contributed by atoms with Gasteiger partial charge in [-0.05, 0) is 67.5 Å². The number of hydrogen-bond acceptors (Lipinski definition) is 3. The molecule has 0 spiro atoms. The van der Waals surface area contributed by atoms with Crippen LogP contribution in [0.25, 0.3) is 0 Å². The number of fused-ring (bicyclic) bond motifs is 1. The molecule has 0 bridgehead atoms. The number of aromatic hydroxyl groups is 1. The Hall–Kier alpha value is -3.02. The van der Waals surface area contributed by atoms with E-state index in [-0.39, 0.29) is 17.7 Å². The van der Waals surface area contributed by atoms with Crippen LogP contribution in [0.1, 0.15) is 60.0 Å². The Morgan fingerprint density at radius 1 is 1.13 bits per heavy atom. The molecule has 0 radical (unpaired) electrons. The van der Waals surface area contributed by atoms with Crippen molar-refractivity contribution in [1.82, 2.24) is 10.2 Å². The van der Waals surface area contributed by atoms with Crippen LogP contribution in [0.4, 0.5) is 10.5 Å². The van der Waals surface area contributed by atoms with Crippen molar-refractivity contribution in [2.75, 3.05) is 18.4 Å². The highest BCUT2D eigenvalue weighted by Gasteiger charge is 2.36. The lowest BCUT2D eigenvalue weighted by atomic mass is 9.92. The number of phenols is 1. The zero-order chi connectivity index (χ0) is 22.5. The molecule has 1 atom stereocenters. The molecule has 0 fully saturated rings. The van der Waals surface area contributed by atoms with E-state index in [1.807, 2.05) is 38.1 Å². The number of aryl methyl sites for hydroxylation is 1. The van der Waals surface area contributed by atoms with E-state index in [4.69, 9.17) is 0 Å². The molecule has 0 saturated carbocycles. The smallest absolute Gasteiger partial charge is 0.322 e. The van der Waals surface area contributed by atoms with Gasteiger partial charge in [0.15, 0.2) is 0 Å². The Labute approximate surface area is 184 Å². The fraction of sp³-hybridized carbons (Fsp3) is 0.440. The maximum Gasteiger partial charge on any atom is 0.322 e. The quantitative estimate of drug-likeness (QED) is 0.463. The van der Waals surface area contributed by atoms with Crippen LogP contribution < -0.4 is 10.6 Å². The van der Waals surface area contributed by atoms with Gasteiger partial charge in [-0.3, -0.25) is 4.79 Å². The van der Waals surface area contributed by atoms with Crippen molar-refractivity contribution in [3.05, 3.63) is 58.1 Å². The number of carbonyl (C=O) groups excluding carboxylic acids is 2. The molecule has 2 aromatic carbocycles. The summed E-state index contributed by atoms with van der Waals surface area (Å²) >= 11 is 0. The molecule has 0 saturated heterocycles. The first kappa shape index (κ1) is 22.7. The first-order valence-corrected chi connectivity index (χ1v) is 11.1. The van der Waals surface area contributed by atoms with E-state index in [0.717, 1.165) is 41.5 Å². The summed E-state index contributed by atoms with van der Waals surface area (Å²) in [7, 11) is 0. The monoisotopic (exact) mass is 423 g/mol. The summed E-state index contributed by atoms with van der Waals surface area (Å²) in [5, 5.41) is 16.2. The zero-order valence-electron chi connectivity index (χ0n) is 18.9. The minimum atomic E-state index is -0.661. The summed E-state index contributed by atoms with van der Waals surface area (Å²) in [5.74, 6) is 0.0972. The number of urea groups is 1. The molecular formula is C25H33N3O3. The third kappa shape index (κ3) is 4.84. The van der Waals surface area contributed by atoms with Crippen LogP contribution in [0.2, 0.25) is 0 Å². The highest BCUT2D eigenvalue weighted by Crippen LogP contribution is 2.33. The first-order valence-electron chi connectivity index (χ1n) is 11.1. The molecule has 3 rings (SSSR count). The maximum atomic E-state index is 13.3. The van der Waals surface area contributed by atoms with Crippen molar-refractivity contribution in [3.63, 3.8) is 0 Å². The molecule has 3 amide bonds. The van der Waals surface area contributed by atoms with Gasteiger partial charge < -0.3 is 20.6 Å². The number of benzene rings is 2. The summed E-state index contributed by atoms with van der Waals surface area (Å²) in [4.78, 5) is 28.1. The molecule has 31 heavy (non-hydrogen) atoms. The molecule has 2 aromatic rings. The molecule has 1 aliphatic rings. The van der Waals surface area contributed by atoms with E-state index < -0.39 is 6.04 Å². The lowest BCUT2D eigenvalue weighted by Crippen LogP contribution is -2.49. The Morgan fingerprint density at radius 2 is 1.87 bits per heavy atom. The summed E-state index contributed by atoms with van der Waals surface area (Å²) in [6, 6.07) is 8.64. The van der Waals surface area contributed by atoms with Gasteiger partial charge in [-0.15, -0.1) is 0 Å². The fourth-order valence-electron chi connectivity index (χ4n) is 4.14. The van der Waals surface area contributed by atoms with Crippen molar-refractivity contribution in [1.29, 1.82) is 0 Å². The molecule has 6 heteroatoms. The Kier molecular flexibility index (Phi) is 7.21. The van der Waals surface area contributed by atoms with E-state index >= 15 is 0 Å². The van der Waals surface area contributed by atoms with Gasteiger partial charge in [0.2, 0.25) is 5.91 Å². The van der Waals surface area contributed by atoms with Gasteiger partial charge in [-0.1, -0.05) is 44.0 Å². The van der Waals surface area contributed by atoms with Crippen LogP contribution in [0.15, 0.2) is 30.3 Å². The van der Waals surface area contributed by atoms with Gasteiger partial charge in [0.25, 0.3) is 0 Å². The van der Waals surface area contributed by atoms with Gasteiger partial charge in [0, 0.05) is 18.8 Å². The van der Waals surface area contributed by atoms with Crippen molar-refractivity contribution < 1.29 is 14.7 Å². The van der Waals surface area contributed by atoms with Gasteiger partial charge in [-0.25, -0.2) is 4.79 Å². The molecule has 6 nitrogen and oxygen atoms in total. The van der Waals surface area contributed by atoms with Crippen molar-refractivity contribution >= 4 is 17.6 Å². The third-order valence-electron chi connectivity index (χ3n) is 6.17. The van der Waals surface area contributed by atoms with Crippen LogP contribution in [-0.4, -0.2) is 35.0 Å². The zero-order valence-corrected chi connectivity index (χ0v) is 18.9. The number of phenolic OH excluding ortho intramolecular Hbond substituents is 1. The molecular weight excluding hydrogens is 390 g/mol. The average molecular weight is 424 g/mol. The predicted molar refractivity (Wildman–Crippen MR) is 123 cm³/mol. The Morgan fingerprint density at radius 3 is 2.61 bits per heavy atom. The highest BCUT2D eigenvalue weighted by atomic mass is 16.3. The second kappa shape index (κ2) is 9.86. The number of hydrogen-bond donors (Lipinski definition) is 3. The van der Waals surface area contributed by atoms with E-state index in [1.165, 1.54) is 0 Å². The number of amides is 3. The fourth-order valence-corrected chi connectivity index (χ4v) is 4.14. The third-order valence-corrected chi connectivity index (χ3v) is 6.17. The molecule has 1 unspecified atom stereocenters. The van der Waals surface area contributed by atoms with E-state index in [9.17, 15) is 14.7 Å². The number of anilines is 1. The number of rotatable bonds is 6. The lowest BCUT2D eigenvalue weighted by molar-refractivity contribution is -0.125. The van der Waals surface area contributed by atoms with Crippen LogP contribution in [0.5, 0.6) is 5.75 Å². The predicted octanol–water partition coefficient (Wildman–Crippen LogP) is 4.76. The number of nitrogens with zero attached hydrogens (tertiary/aromatic N) is 1. The number of nitrogens with one attached hydrogen (secondary N) is 2. The SMILES string of the molecule is CCCCCNC(=O)C1c2ccccc2CCN1C(=O)Nc1cc(C)c(O)c(C)c1C. The van der Waals surface area contributed by atoms with Gasteiger partial charge >= 0.3 is 6.03 Å². The number of unbranched alkanes of at least 4 members (excludes halogenated alkanes) is 2. The second-order valence-corrected chi connectivity index (χ2v) is 8.31. The standard InChI is InChI=1S/C25H33N3O3/c1-5-6-9-13-26-24(30)22-20-11-8-7-10-19(20)12-14-28(22)25(31)27-21-15-16(2)23(29)18(4)17(21)3/h7-8,10-11,15,22,29H,5-6,9,12-14H2,1-4H3,(H,26,30)(H,27,31). The summed E-state index contributed by atoms with van der Waals surface area (Å²) < 4.78 is 0. The van der Waals surface area contributed by atoms with Crippen LogP contribution in [-0.2, 0) is 11.2 Å². The van der Waals surface area contributed by atoms with Crippen molar-refractivity contribution in [3.8, 4) is 5.75 Å². The molecule has 1 heterocycles. The topological polar surface area (TPSA) is 81.7 Å². The first-order chi connectivity index (χ1) is 14.8. The molecule has 0 aromatic heterocycles. The van der Waals surface area contributed by atoms with Crippen molar-refractivity contribution in [2.24, 2.45) is 0 Å². The normalized spacial score (nSPS) is 15.4. The molecule has 166 valence electrons. The molecule has 0 aliphatic carbocycles. The largest absolute Gasteiger partial charge is 0.507 e. The van der Waals surface area contributed by atoms with E-state index in [2.05, 4.69) is 17.6 Å². The molecule has 1 aliphatic heterocycles. The highest BCUT2D eigenvalue weighted by molar-refractivity contribution is 5.95. The summed E-state index contributed by atoms with van der Waals surface area (Å²) in [6.45, 7) is 8.70. The maximum absolute atomic E-state index is 13.3. The minimum absolute atomic E-state index is 0.145. The van der Waals surface area contributed by atoms with Crippen LogP contribution >= 0.6 is 0 Å². The van der Waals surface area contributed by atoms with Crippen LogP contribution in [0, 0.1) is 20.8 Å². The Balaban J connectivity index is 1.86. The summed E-state index contributed by atoms with van der Waals surface area (Å²) in [6.07, 6.45) is 3.77. The van der Waals surface area contributed by atoms with Gasteiger partial charge in [0.05, 0.1) is 0 Å². The second-order valence-electron chi connectivity index (χ2n) is 8.31. The van der Waals surface area contributed by atoms with Gasteiger partial charge in [0.1, 0.15) is 11.8 Å². The lowest BCUT2D eigenvalue weighted by Gasteiger charge is -2.36. The van der Waals surface area contributed by atoms with Gasteiger partial charge in [-0.2, -0.15) is 0 Å². The van der Waals surface area contributed by atoms with Crippen molar-refractivity contribution in [2.45, 2.75) is 59.4 Å². The summed E-state index contributed by atoms with van der Waals surface area (Å²) in [5.41, 5.74) is 4.89. The average Bonchev–Trinajstić information content (AvgIpc) is 2.77. The van der Waals surface area contributed by atoms with E-state index in [1.54, 1.807) is 17.9 Å².